The van der Waals surface area contributed by atoms with E-state index < -0.39 is 0 Å². The number of rotatable bonds is 3. The summed E-state index contributed by atoms with van der Waals surface area (Å²) in [5.74, 6) is 0.0225. The van der Waals surface area contributed by atoms with Crippen LogP contribution in [0.25, 0.3) is 0 Å². The van der Waals surface area contributed by atoms with Crippen LogP contribution < -0.4 is 10.6 Å². The van der Waals surface area contributed by atoms with Crippen molar-refractivity contribution < 1.29 is 4.79 Å². The van der Waals surface area contributed by atoms with E-state index in [9.17, 15) is 4.79 Å². The molecule has 1 amide bonds. The van der Waals surface area contributed by atoms with E-state index in [1.165, 1.54) is 0 Å². The maximum Gasteiger partial charge on any atom is 0.246 e. The Morgan fingerprint density at radius 2 is 2.12 bits per heavy atom. The van der Waals surface area contributed by atoms with Crippen LogP contribution in [0.3, 0.4) is 0 Å². The molecule has 0 bridgehead atoms. The number of carbonyl (C=O) groups excluding carboxylic acids is 1. The van der Waals surface area contributed by atoms with E-state index in [1.54, 1.807) is 6.08 Å². The Bertz CT molecular complexity index is 451. The minimum Gasteiger partial charge on any atom is -0.324 e. The van der Waals surface area contributed by atoms with Crippen molar-refractivity contribution >= 4 is 11.6 Å². The van der Waals surface area contributed by atoms with Gasteiger partial charge in [0.2, 0.25) is 5.91 Å². The Balaban J connectivity index is 2.43. The highest BCUT2D eigenvalue weighted by Crippen LogP contribution is 2.35. The zero-order valence-corrected chi connectivity index (χ0v) is 9.63. The molecule has 16 heavy (non-hydrogen) atoms. The maximum absolute atomic E-state index is 11.8. The quantitative estimate of drug-likeness (QED) is 0.759. The van der Waals surface area contributed by atoms with Crippen molar-refractivity contribution in [2.45, 2.75) is 19.9 Å². The number of anilines is 1. The first-order valence-electron chi connectivity index (χ1n) is 5.40. The highest BCUT2D eigenvalue weighted by atomic mass is 16.2. The summed E-state index contributed by atoms with van der Waals surface area (Å²) in [6.45, 7) is 8.32. The fraction of sp³-hybridized carbons (Fsp3) is 0.308. The van der Waals surface area contributed by atoms with Crippen molar-refractivity contribution in [3.63, 3.8) is 0 Å². The van der Waals surface area contributed by atoms with Gasteiger partial charge in [-0.05, 0) is 25.0 Å². The van der Waals surface area contributed by atoms with Crippen molar-refractivity contribution in [3.8, 4) is 0 Å². The standard InChI is InChI=1S/C13H16N2O/c1-4-7-14-12-10-8(2)5-6-9(3)11(10)15-13(12)16/h4-6,12,14H,1,7H2,2-3H3,(H,15,16). The lowest BCUT2D eigenvalue weighted by Crippen LogP contribution is -2.27. The Hall–Kier alpha value is -1.61. The van der Waals surface area contributed by atoms with Gasteiger partial charge in [-0.15, -0.1) is 6.58 Å². The zero-order chi connectivity index (χ0) is 11.7. The fourth-order valence-corrected chi connectivity index (χ4v) is 2.09. The molecule has 84 valence electrons. The molecule has 0 aliphatic carbocycles. The molecule has 2 N–H and O–H groups in total. The van der Waals surface area contributed by atoms with Crippen molar-refractivity contribution in [2.75, 3.05) is 11.9 Å². The SMILES string of the molecule is C=CCNC1C(=O)Nc2c(C)ccc(C)c21. The van der Waals surface area contributed by atoms with Crippen LogP contribution in [0, 0.1) is 13.8 Å². The summed E-state index contributed by atoms with van der Waals surface area (Å²) >= 11 is 0. The predicted octanol–water partition coefficient (Wildman–Crippen LogP) is 2.07. The molecule has 1 aromatic rings. The molecule has 1 aliphatic heterocycles. The minimum absolute atomic E-state index is 0.0225. The van der Waals surface area contributed by atoms with E-state index in [4.69, 9.17) is 0 Å². The van der Waals surface area contributed by atoms with Crippen LogP contribution in [0.4, 0.5) is 5.69 Å². The summed E-state index contributed by atoms with van der Waals surface area (Å²) < 4.78 is 0. The summed E-state index contributed by atoms with van der Waals surface area (Å²) in [5, 5.41) is 6.10. The Labute approximate surface area is 95.6 Å². The van der Waals surface area contributed by atoms with Crippen LogP contribution in [0.15, 0.2) is 24.8 Å². The molecule has 0 aromatic heterocycles. The van der Waals surface area contributed by atoms with Gasteiger partial charge in [-0.1, -0.05) is 18.2 Å². The first kappa shape index (κ1) is 10.9. The summed E-state index contributed by atoms with van der Waals surface area (Å²) in [6.07, 6.45) is 1.76. The van der Waals surface area contributed by atoms with Gasteiger partial charge in [0.15, 0.2) is 0 Å². The number of amides is 1. The lowest BCUT2D eigenvalue weighted by atomic mass is 9.99. The smallest absolute Gasteiger partial charge is 0.246 e. The number of nitrogens with one attached hydrogen (secondary N) is 2. The van der Waals surface area contributed by atoms with Gasteiger partial charge in [0.05, 0.1) is 0 Å². The van der Waals surface area contributed by atoms with Gasteiger partial charge in [-0.25, -0.2) is 0 Å². The van der Waals surface area contributed by atoms with Crippen LogP contribution >= 0.6 is 0 Å². The first-order chi connectivity index (χ1) is 7.65. The van der Waals surface area contributed by atoms with Crippen molar-refractivity contribution in [1.29, 1.82) is 0 Å². The van der Waals surface area contributed by atoms with Crippen LogP contribution in [0.2, 0.25) is 0 Å². The summed E-state index contributed by atoms with van der Waals surface area (Å²) in [5.41, 5.74) is 4.29. The van der Waals surface area contributed by atoms with Crippen LogP contribution in [-0.2, 0) is 4.79 Å². The third-order valence-corrected chi connectivity index (χ3v) is 2.94. The molecule has 3 nitrogen and oxygen atoms in total. The van der Waals surface area contributed by atoms with E-state index in [2.05, 4.69) is 23.3 Å². The van der Waals surface area contributed by atoms with Gasteiger partial charge in [0, 0.05) is 17.8 Å². The number of carbonyl (C=O) groups is 1. The molecule has 2 rings (SSSR count). The van der Waals surface area contributed by atoms with E-state index in [1.807, 2.05) is 19.9 Å². The third-order valence-electron chi connectivity index (χ3n) is 2.94. The molecular weight excluding hydrogens is 200 g/mol. The Morgan fingerprint density at radius 1 is 1.44 bits per heavy atom. The van der Waals surface area contributed by atoms with Crippen molar-refractivity contribution in [2.24, 2.45) is 0 Å². The second-order valence-electron chi connectivity index (χ2n) is 4.11. The van der Waals surface area contributed by atoms with Crippen molar-refractivity contribution in [3.05, 3.63) is 41.5 Å². The molecule has 1 aliphatic rings. The van der Waals surface area contributed by atoms with Gasteiger partial charge in [-0.2, -0.15) is 0 Å². The normalized spacial score (nSPS) is 18.1. The van der Waals surface area contributed by atoms with E-state index >= 15 is 0 Å². The molecule has 1 aromatic carbocycles. The summed E-state index contributed by atoms with van der Waals surface area (Å²) in [4.78, 5) is 11.8. The van der Waals surface area contributed by atoms with E-state index in [-0.39, 0.29) is 11.9 Å². The molecule has 1 unspecified atom stereocenters. The zero-order valence-electron chi connectivity index (χ0n) is 9.63. The topological polar surface area (TPSA) is 41.1 Å². The largest absolute Gasteiger partial charge is 0.324 e. The number of hydrogen-bond donors (Lipinski definition) is 2. The number of aryl methyl sites for hydroxylation is 2. The first-order valence-corrected chi connectivity index (χ1v) is 5.40. The van der Waals surface area contributed by atoms with Crippen LogP contribution in [0.5, 0.6) is 0 Å². The molecule has 1 atom stereocenters. The third kappa shape index (κ3) is 1.63. The summed E-state index contributed by atoms with van der Waals surface area (Å²) in [7, 11) is 0. The lowest BCUT2D eigenvalue weighted by Gasteiger charge is -2.12. The average molecular weight is 216 g/mol. The molecule has 1 heterocycles. The molecular formula is C13H16N2O. The minimum atomic E-state index is -0.243. The average Bonchev–Trinajstić information content (AvgIpc) is 2.59. The van der Waals surface area contributed by atoms with Gasteiger partial charge >= 0.3 is 0 Å². The Kier molecular flexibility index (Phi) is 2.79. The molecule has 0 saturated heterocycles. The van der Waals surface area contributed by atoms with Crippen LogP contribution in [0.1, 0.15) is 22.7 Å². The van der Waals surface area contributed by atoms with E-state index in [0.29, 0.717) is 6.54 Å². The molecule has 3 heteroatoms. The van der Waals surface area contributed by atoms with Crippen LogP contribution in [-0.4, -0.2) is 12.5 Å². The fourth-order valence-electron chi connectivity index (χ4n) is 2.09. The second-order valence-corrected chi connectivity index (χ2v) is 4.11. The highest BCUT2D eigenvalue weighted by molar-refractivity contribution is 6.03. The van der Waals surface area contributed by atoms with Crippen molar-refractivity contribution in [1.82, 2.24) is 5.32 Å². The number of hydrogen-bond acceptors (Lipinski definition) is 2. The monoisotopic (exact) mass is 216 g/mol. The second kappa shape index (κ2) is 4.10. The van der Waals surface area contributed by atoms with E-state index in [0.717, 1.165) is 22.4 Å². The Morgan fingerprint density at radius 3 is 2.81 bits per heavy atom. The predicted molar refractivity (Wildman–Crippen MR) is 65.5 cm³/mol. The molecule has 0 radical (unpaired) electrons. The molecule has 0 saturated carbocycles. The van der Waals surface area contributed by atoms with Gasteiger partial charge in [0.1, 0.15) is 6.04 Å². The lowest BCUT2D eigenvalue weighted by molar-refractivity contribution is -0.117. The molecule has 0 fully saturated rings. The van der Waals surface area contributed by atoms with Gasteiger partial charge < -0.3 is 5.32 Å². The maximum atomic E-state index is 11.8. The summed E-state index contributed by atoms with van der Waals surface area (Å²) in [6, 6.07) is 3.84. The number of fused-ring (bicyclic) bond motifs is 1. The highest BCUT2D eigenvalue weighted by Gasteiger charge is 2.32. The molecule has 0 spiro atoms. The van der Waals surface area contributed by atoms with Gasteiger partial charge in [0.25, 0.3) is 0 Å². The number of benzene rings is 1. The van der Waals surface area contributed by atoms with Gasteiger partial charge in [-0.3, -0.25) is 10.1 Å².